The van der Waals surface area contributed by atoms with E-state index in [0.29, 0.717) is 0 Å². The van der Waals surface area contributed by atoms with Crippen LogP contribution in [-0.4, -0.2) is 36.7 Å². The third-order valence-electron chi connectivity index (χ3n) is 3.91. The molecule has 1 aromatic rings. The molecule has 1 heterocycles. The molecular weight excluding hydrogens is 307 g/mol. The quantitative estimate of drug-likeness (QED) is 0.857. The number of halogens is 3. The predicted molar refractivity (Wildman–Crippen MR) is 72.3 cm³/mol. The van der Waals surface area contributed by atoms with Gasteiger partial charge < -0.3 is 0 Å². The number of alkyl halides is 3. The maximum atomic E-state index is 12.8. The van der Waals surface area contributed by atoms with Crippen LogP contribution in [0.1, 0.15) is 25.7 Å². The first-order valence-corrected chi connectivity index (χ1v) is 8.17. The molecular formula is C12H18F3N3O2S. The number of hydrogen-bond donors (Lipinski definition) is 0. The monoisotopic (exact) mass is 325 g/mol. The smallest absolute Gasteiger partial charge is 0.274 e. The van der Waals surface area contributed by atoms with Gasteiger partial charge in [-0.1, -0.05) is 6.42 Å². The summed E-state index contributed by atoms with van der Waals surface area (Å²) in [5, 5.41) is 2.97. The summed E-state index contributed by atoms with van der Waals surface area (Å²) < 4.78 is 65.8. The number of aromatic nitrogens is 2. The zero-order chi connectivity index (χ0) is 15.8. The summed E-state index contributed by atoms with van der Waals surface area (Å²) in [6.07, 6.45) is -2.60. The SMILES string of the molecule is CN(c1ccn(C)n1)S(=O)(=O)C1CCCC(C(F)(F)F)C1. The summed E-state index contributed by atoms with van der Waals surface area (Å²) in [5.74, 6) is -1.32. The summed E-state index contributed by atoms with van der Waals surface area (Å²) in [5.41, 5.74) is 0. The topological polar surface area (TPSA) is 55.2 Å². The van der Waals surface area contributed by atoms with Crippen LogP contribution >= 0.6 is 0 Å². The Balaban J connectivity index is 2.19. The molecule has 1 aromatic heterocycles. The van der Waals surface area contributed by atoms with Crippen LogP contribution in [0.25, 0.3) is 0 Å². The molecule has 0 bridgehead atoms. The van der Waals surface area contributed by atoms with Crippen molar-refractivity contribution < 1.29 is 21.6 Å². The minimum Gasteiger partial charge on any atom is -0.274 e. The van der Waals surface area contributed by atoms with E-state index in [1.54, 1.807) is 13.2 Å². The fourth-order valence-corrected chi connectivity index (χ4v) is 4.38. The van der Waals surface area contributed by atoms with Crippen LogP contribution in [0.15, 0.2) is 12.3 Å². The lowest BCUT2D eigenvalue weighted by molar-refractivity contribution is -0.181. The molecule has 1 aliphatic carbocycles. The van der Waals surface area contributed by atoms with Gasteiger partial charge in [-0.25, -0.2) is 8.42 Å². The molecule has 0 radical (unpaired) electrons. The van der Waals surface area contributed by atoms with E-state index in [1.807, 2.05) is 0 Å². The second-order valence-corrected chi connectivity index (χ2v) is 7.63. The van der Waals surface area contributed by atoms with Crippen molar-refractivity contribution in [3.63, 3.8) is 0 Å². The van der Waals surface area contributed by atoms with Gasteiger partial charge in [-0.05, 0) is 19.3 Å². The van der Waals surface area contributed by atoms with Crippen molar-refractivity contribution in [3.05, 3.63) is 12.3 Å². The molecule has 0 spiro atoms. The Morgan fingerprint density at radius 3 is 2.57 bits per heavy atom. The van der Waals surface area contributed by atoms with Crippen LogP contribution in [0.5, 0.6) is 0 Å². The Labute approximate surface area is 121 Å². The lowest BCUT2D eigenvalue weighted by atomic mass is 9.88. The number of nitrogens with zero attached hydrogens (tertiary/aromatic N) is 3. The van der Waals surface area contributed by atoms with Gasteiger partial charge in [0.05, 0.1) is 11.2 Å². The first-order valence-electron chi connectivity index (χ1n) is 6.66. The molecule has 1 saturated carbocycles. The molecule has 9 heteroatoms. The molecule has 2 rings (SSSR count). The third-order valence-corrected chi connectivity index (χ3v) is 6.14. The maximum absolute atomic E-state index is 12.8. The van der Waals surface area contributed by atoms with E-state index in [9.17, 15) is 21.6 Å². The van der Waals surface area contributed by atoms with Crippen LogP contribution in [0, 0.1) is 5.92 Å². The van der Waals surface area contributed by atoms with E-state index in [-0.39, 0.29) is 31.5 Å². The molecule has 2 atom stereocenters. The minimum atomic E-state index is -4.34. The molecule has 1 aliphatic rings. The first-order chi connectivity index (χ1) is 9.62. The van der Waals surface area contributed by atoms with Gasteiger partial charge in [0, 0.05) is 26.4 Å². The lowest BCUT2D eigenvalue weighted by Crippen LogP contribution is -2.41. The summed E-state index contributed by atoms with van der Waals surface area (Å²) >= 11 is 0. The summed E-state index contributed by atoms with van der Waals surface area (Å²) in [6, 6.07) is 1.52. The summed E-state index contributed by atoms with van der Waals surface area (Å²) in [4.78, 5) is 0. The van der Waals surface area contributed by atoms with Crippen molar-refractivity contribution in [1.82, 2.24) is 9.78 Å². The van der Waals surface area contributed by atoms with Crippen molar-refractivity contribution in [3.8, 4) is 0 Å². The van der Waals surface area contributed by atoms with Gasteiger partial charge in [-0.2, -0.15) is 18.3 Å². The third kappa shape index (κ3) is 3.33. The molecule has 0 aromatic carbocycles. The van der Waals surface area contributed by atoms with Gasteiger partial charge in [0.15, 0.2) is 5.82 Å². The average Bonchev–Trinajstić information content (AvgIpc) is 2.83. The largest absolute Gasteiger partial charge is 0.391 e. The van der Waals surface area contributed by atoms with Crippen molar-refractivity contribution >= 4 is 15.8 Å². The van der Waals surface area contributed by atoms with E-state index >= 15 is 0 Å². The van der Waals surface area contributed by atoms with E-state index in [1.165, 1.54) is 17.8 Å². The van der Waals surface area contributed by atoms with Crippen LogP contribution in [0.3, 0.4) is 0 Å². The van der Waals surface area contributed by atoms with Gasteiger partial charge in [0.25, 0.3) is 0 Å². The molecule has 0 N–H and O–H groups in total. The Kier molecular flexibility index (Phi) is 4.23. The molecule has 120 valence electrons. The number of aryl methyl sites for hydroxylation is 1. The van der Waals surface area contributed by atoms with Crippen LogP contribution in [0.2, 0.25) is 0 Å². The molecule has 5 nitrogen and oxygen atoms in total. The van der Waals surface area contributed by atoms with Crippen molar-refractivity contribution in [1.29, 1.82) is 0 Å². The van der Waals surface area contributed by atoms with Crippen LogP contribution in [0.4, 0.5) is 19.0 Å². The van der Waals surface area contributed by atoms with Gasteiger partial charge in [-0.3, -0.25) is 8.99 Å². The van der Waals surface area contributed by atoms with Crippen LogP contribution in [-0.2, 0) is 17.1 Å². The van der Waals surface area contributed by atoms with Gasteiger partial charge in [0.1, 0.15) is 0 Å². The fourth-order valence-electron chi connectivity index (χ4n) is 2.64. The second-order valence-electron chi connectivity index (χ2n) is 5.39. The van der Waals surface area contributed by atoms with E-state index in [4.69, 9.17) is 0 Å². The van der Waals surface area contributed by atoms with E-state index in [0.717, 1.165) is 4.31 Å². The van der Waals surface area contributed by atoms with Crippen molar-refractivity contribution in [2.45, 2.75) is 37.1 Å². The van der Waals surface area contributed by atoms with Crippen molar-refractivity contribution in [2.24, 2.45) is 13.0 Å². The molecule has 0 amide bonds. The zero-order valence-electron chi connectivity index (χ0n) is 11.8. The normalized spacial score (nSPS) is 24.0. The van der Waals surface area contributed by atoms with Crippen molar-refractivity contribution in [2.75, 3.05) is 11.4 Å². The maximum Gasteiger partial charge on any atom is 0.391 e. The highest BCUT2D eigenvalue weighted by atomic mass is 32.2. The van der Waals surface area contributed by atoms with Gasteiger partial charge >= 0.3 is 6.18 Å². The zero-order valence-corrected chi connectivity index (χ0v) is 12.7. The summed E-state index contributed by atoms with van der Waals surface area (Å²) in [7, 11) is -0.866. The number of anilines is 1. The Morgan fingerprint density at radius 1 is 1.38 bits per heavy atom. The highest BCUT2D eigenvalue weighted by Crippen LogP contribution is 2.40. The molecule has 0 aliphatic heterocycles. The second kappa shape index (κ2) is 5.51. The Hall–Kier alpha value is -1.25. The number of hydrogen-bond acceptors (Lipinski definition) is 3. The fraction of sp³-hybridized carbons (Fsp3) is 0.750. The van der Waals surface area contributed by atoms with E-state index in [2.05, 4.69) is 5.10 Å². The minimum absolute atomic E-state index is 0.00280. The summed E-state index contributed by atoms with van der Waals surface area (Å²) in [6.45, 7) is 0. The molecule has 0 saturated heterocycles. The number of rotatable bonds is 3. The van der Waals surface area contributed by atoms with Crippen LogP contribution < -0.4 is 4.31 Å². The van der Waals surface area contributed by atoms with Gasteiger partial charge in [-0.15, -0.1) is 0 Å². The number of sulfonamides is 1. The highest BCUT2D eigenvalue weighted by molar-refractivity contribution is 7.93. The van der Waals surface area contributed by atoms with Gasteiger partial charge in [0.2, 0.25) is 10.0 Å². The van der Waals surface area contributed by atoms with E-state index < -0.39 is 27.4 Å². The first kappa shape index (κ1) is 16.1. The standard InChI is InChI=1S/C12H18F3N3O2S/c1-17-7-6-11(16-17)18(2)21(19,20)10-5-3-4-9(8-10)12(13,14)15/h6-7,9-10H,3-5,8H2,1-2H3. The average molecular weight is 325 g/mol. The molecule has 2 unspecified atom stereocenters. The Bertz CT molecular complexity index is 597. The lowest BCUT2D eigenvalue weighted by Gasteiger charge is -2.32. The Morgan fingerprint density at radius 2 is 2.05 bits per heavy atom. The molecule has 21 heavy (non-hydrogen) atoms. The highest BCUT2D eigenvalue weighted by Gasteiger charge is 2.46. The molecule has 1 fully saturated rings. The predicted octanol–water partition coefficient (Wildman–Crippen LogP) is 2.31.